The van der Waals surface area contributed by atoms with Crippen molar-refractivity contribution < 1.29 is 0 Å². The summed E-state index contributed by atoms with van der Waals surface area (Å²) in [6, 6.07) is 7.06. The Morgan fingerprint density at radius 3 is 2.67 bits per heavy atom. The second kappa shape index (κ2) is 8.20. The Labute approximate surface area is 124 Å². The van der Waals surface area contributed by atoms with Crippen LogP contribution in [-0.2, 0) is 6.54 Å². The molecule has 2 nitrogen and oxygen atoms in total. The molecular weight excluding hydrogens is 308 g/mol. The van der Waals surface area contributed by atoms with Gasteiger partial charge in [0.2, 0.25) is 0 Å². The Kier molecular flexibility index (Phi) is 7.30. The fourth-order valence-corrected chi connectivity index (χ4v) is 3.04. The zero-order valence-corrected chi connectivity index (χ0v) is 14.1. The van der Waals surface area contributed by atoms with E-state index < -0.39 is 0 Å². The van der Waals surface area contributed by atoms with Crippen LogP contribution >= 0.6 is 27.7 Å². The first-order valence-corrected chi connectivity index (χ1v) is 8.06. The lowest BCUT2D eigenvalue weighted by molar-refractivity contribution is 0.437. The summed E-state index contributed by atoms with van der Waals surface area (Å²) in [5.41, 5.74) is 1.38. The van der Waals surface area contributed by atoms with Crippen molar-refractivity contribution in [1.29, 1.82) is 0 Å². The van der Waals surface area contributed by atoms with Gasteiger partial charge in [0, 0.05) is 34.3 Å². The molecule has 0 atom stereocenters. The highest BCUT2D eigenvalue weighted by atomic mass is 79.9. The van der Waals surface area contributed by atoms with Crippen molar-refractivity contribution in [2.45, 2.75) is 31.3 Å². The molecule has 0 radical (unpaired) electrons. The maximum absolute atomic E-state index is 3.55. The molecule has 0 fully saturated rings. The molecule has 1 rings (SSSR count). The minimum atomic E-state index is 0.517. The Hall–Kier alpha value is -0.0300. The molecule has 4 heteroatoms. The van der Waals surface area contributed by atoms with Gasteiger partial charge in [0.1, 0.15) is 0 Å². The molecule has 0 aromatic heterocycles. The molecule has 1 N–H and O–H groups in total. The highest BCUT2D eigenvalue weighted by Crippen LogP contribution is 2.26. The van der Waals surface area contributed by atoms with Crippen LogP contribution in [0, 0.1) is 0 Å². The maximum Gasteiger partial charge on any atom is 0.0219 e. The minimum Gasteiger partial charge on any atom is -0.310 e. The van der Waals surface area contributed by atoms with E-state index in [1.807, 2.05) is 11.8 Å². The summed E-state index contributed by atoms with van der Waals surface area (Å²) >= 11 is 5.48. The van der Waals surface area contributed by atoms with E-state index in [9.17, 15) is 0 Å². The molecule has 0 unspecified atom stereocenters. The second-order valence-electron chi connectivity index (χ2n) is 4.94. The van der Waals surface area contributed by atoms with Gasteiger partial charge in [0.05, 0.1) is 0 Å². The van der Waals surface area contributed by atoms with Gasteiger partial charge < -0.3 is 10.2 Å². The second-order valence-corrected chi connectivity index (χ2v) is 6.99. The molecule has 18 heavy (non-hydrogen) atoms. The van der Waals surface area contributed by atoms with E-state index in [0.29, 0.717) is 6.04 Å². The Balaban J connectivity index is 2.64. The normalized spacial score (nSPS) is 11.5. The molecular formula is C14H23BrN2S. The fourth-order valence-electron chi connectivity index (χ4n) is 1.48. The average molecular weight is 331 g/mol. The fraction of sp³-hybridized carbons (Fsp3) is 0.571. The molecule has 0 saturated carbocycles. The van der Waals surface area contributed by atoms with Gasteiger partial charge in [-0.05, 0) is 37.9 Å². The average Bonchev–Trinajstić information content (AvgIpc) is 2.28. The topological polar surface area (TPSA) is 15.3 Å². The molecule has 1 aromatic carbocycles. The van der Waals surface area contributed by atoms with Gasteiger partial charge in [-0.3, -0.25) is 0 Å². The van der Waals surface area contributed by atoms with Gasteiger partial charge in [0.15, 0.2) is 0 Å². The SMILES string of the molecule is CC(C)NCc1cc(Br)ccc1SCCN(C)C. The minimum absolute atomic E-state index is 0.517. The Morgan fingerprint density at radius 2 is 2.06 bits per heavy atom. The van der Waals surface area contributed by atoms with E-state index in [-0.39, 0.29) is 0 Å². The molecule has 0 amide bonds. The largest absolute Gasteiger partial charge is 0.310 e. The number of thioether (sulfide) groups is 1. The van der Waals surface area contributed by atoms with Gasteiger partial charge in [0.25, 0.3) is 0 Å². The van der Waals surface area contributed by atoms with Crippen molar-refractivity contribution in [2.75, 3.05) is 26.4 Å². The predicted molar refractivity (Wildman–Crippen MR) is 85.4 cm³/mol. The Bertz CT molecular complexity index is 367. The van der Waals surface area contributed by atoms with Crippen LogP contribution in [0.4, 0.5) is 0 Å². The van der Waals surface area contributed by atoms with Crippen molar-refractivity contribution in [3.63, 3.8) is 0 Å². The van der Waals surface area contributed by atoms with Crippen LogP contribution in [0.15, 0.2) is 27.6 Å². The summed E-state index contributed by atoms with van der Waals surface area (Å²) in [5.74, 6) is 1.13. The monoisotopic (exact) mass is 330 g/mol. The zero-order chi connectivity index (χ0) is 13.5. The van der Waals surface area contributed by atoms with Crippen LogP contribution in [0.3, 0.4) is 0 Å². The lowest BCUT2D eigenvalue weighted by Crippen LogP contribution is -2.22. The number of benzene rings is 1. The standard InChI is InChI=1S/C14H23BrN2S/c1-11(2)16-10-12-9-13(15)5-6-14(12)18-8-7-17(3)4/h5-6,9,11,16H,7-8,10H2,1-4H3. The van der Waals surface area contributed by atoms with Crippen LogP contribution < -0.4 is 5.32 Å². The lowest BCUT2D eigenvalue weighted by atomic mass is 10.2. The van der Waals surface area contributed by atoms with Crippen molar-refractivity contribution in [2.24, 2.45) is 0 Å². The van der Waals surface area contributed by atoms with Crippen LogP contribution in [0.1, 0.15) is 19.4 Å². The highest BCUT2D eigenvalue weighted by Gasteiger charge is 2.05. The van der Waals surface area contributed by atoms with Gasteiger partial charge in [-0.2, -0.15) is 0 Å². The maximum atomic E-state index is 3.55. The molecule has 102 valence electrons. The van der Waals surface area contributed by atoms with Crippen molar-refractivity contribution in [3.05, 3.63) is 28.2 Å². The predicted octanol–water partition coefficient (Wildman–Crippen LogP) is 3.60. The van der Waals surface area contributed by atoms with Gasteiger partial charge in [-0.15, -0.1) is 11.8 Å². The zero-order valence-electron chi connectivity index (χ0n) is 11.7. The smallest absolute Gasteiger partial charge is 0.0219 e. The van der Waals surface area contributed by atoms with Crippen LogP contribution in [-0.4, -0.2) is 37.3 Å². The molecule has 0 saturated heterocycles. The van der Waals surface area contributed by atoms with E-state index in [1.165, 1.54) is 10.5 Å². The third-order valence-electron chi connectivity index (χ3n) is 2.52. The van der Waals surface area contributed by atoms with Crippen molar-refractivity contribution in [3.8, 4) is 0 Å². The van der Waals surface area contributed by atoms with Gasteiger partial charge >= 0.3 is 0 Å². The number of rotatable bonds is 7. The molecule has 0 bridgehead atoms. The van der Waals surface area contributed by atoms with E-state index in [1.54, 1.807) is 0 Å². The molecule has 1 aromatic rings. The van der Waals surface area contributed by atoms with Crippen molar-refractivity contribution in [1.82, 2.24) is 10.2 Å². The van der Waals surface area contributed by atoms with Crippen LogP contribution in [0.2, 0.25) is 0 Å². The van der Waals surface area contributed by atoms with Crippen LogP contribution in [0.25, 0.3) is 0 Å². The van der Waals surface area contributed by atoms with E-state index in [4.69, 9.17) is 0 Å². The summed E-state index contributed by atoms with van der Waals surface area (Å²) in [6.07, 6.45) is 0. The first-order valence-electron chi connectivity index (χ1n) is 6.28. The molecule has 0 aliphatic heterocycles. The summed E-state index contributed by atoms with van der Waals surface area (Å²) in [6.45, 7) is 6.40. The number of hydrogen-bond donors (Lipinski definition) is 1. The number of halogens is 1. The first kappa shape index (κ1) is 16.0. The number of nitrogens with zero attached hydrogens (tertiary/aromatic N) is 1. The van der Waals surface area contributed by atoms with E-state index in [2.05, 4.69) is 72.3 Å². The van der Waals surface area contributed by atoms with Gasteiger partial charge in [-0.1, -0.05) is 29.8 Å². The summed E-state index contributed by atoms with van der Waals surface area (Å²) in [4.78, 5) is 3.60. The van der Waals surface area contributed by atoms with E-state index in [0.717, 1.165) is 23.3 Å². The summed E-state index contributed by atoms with van der Waals surface area (Å²) < 4.78 is 1.15. The Morgan fingerprint density at radius 1 is 1.33 bits per heavy atom. The molecule has 0 aliphatic rings. The number of hydrogen-bond acceptors (Lipinski definition) is 3. The number of nitrogens with one attached hydrogen (secondary N) is 1. The molecule has 0 aliphatic carbocycles. The third-order valence-corrected chi connectivity index (χ3v) is 4.11. The van der Waals surface area contributed by atoms with E-state index >= 15 is 0 Å². The van der Waals surface area contributed by atoms with Gasteiger partial charge in [-0.25, -0.2) is 0 Å². The summed E-state index contributed by atoms with van der Waals surface area (Å²) in [7, 11) is 4.23. The highest BCUT2D eigenvalue weighted by molar-refractivity contribution is 9.10. The molecule has 0 spiro atoms. The lowest BCUT2D eigenvalue weighted by Gasteiger charge is -2.14. The third kappa shape index (κ3) is 6.23. The quantitative estimate of drug-likeness (QED) is 0.769. The summed E-state index contributed by atoms with van der Waals surface area (Å²) in [5, 5.41) is 3.48. The van der Waals surface area contributed by atoms with Crippen molar-refractivity contribution >= 4 is 27.7 Å². The van der Waals surface area contributed by atoms with Crippen LogP contribution in [0.5, 0.6) is 0 Å². The molecule has 0 heterocycles. The first-order chi connectivity index (χ1) is 8.49.